The SMILES string of the molecule is O=C(NCC(c1cccs1)c1c[nH]c2ccccc12)Nc1ccccc1[N+](=O)[O-]. The van der Waals surface area contributed by atoms with Gasteiger partial charge in [-0.3, -0.25) is 10.1 Å². The van der Waals surface area contributed by atoms with Gasteiger partial charge in [-0.05, 0) is 29.1 Å². The number of aromatic amines is 1. The van der Waals surface area contributed by atoms with E-state index in [2.05, 4.69) is 21.7 Å². The summed E-state index contributed by atoms with van der Waals surface area (Å²) in [5, 5.41) is 19.7. The smallest absolute Gasteiger partial charge is 0.319 e. The van der Waals surface area contributed by atoms with E-state index >= 15 is 0 Å². The van der Waals surface area contributed by atoms with Crippen molar-refractivity contribution >= 4 is 39.6 Å². The van der Waals surface area contributed by atoms with Crippen molar-refractivity contribution in [1.82, 2.24) is 10.3 Å². The van der Waals surface area contributed by atoms with Crippen LogP contribution in [0.3, 0.4) is 0 Å². The van der Waals surface area contributed by atoms with Crippen molar-refractivity contribution in [3.05, 3.63) is 92.8 Å². The van der Waals surface area contributed by atoms with E-state index in [0.29, 0.717) is 6.54 Å². The van der Waals surface area contributed by atoms with Crippen molar-refractivity contribution in [2.45, 2.75) is 5.92 Å². The minimum Gasteiger partial charge on any atom is -0.361 e. The first-order valence-corrected chi connectivity index (χ1v) is 9.89. The number of H-pyrrole nitrogens is 1. The molecule has 0 aliphatic carbocycles. The number of carbonyl (C=O) groups excluding carboxylic acids is 1. The van der Waals surface area contributed by atoms with Gasteiger partial charge in [-0.25, -0.2) is 4.79 Å². The molecule has 7 nitrogen and oxygen atoms in total. The van der Waals surface area contributed by atoms with Crippen LogP contribution in [0.2, 0.25) is 0 Å². The lowest BCUT2D eigenvalue weighted by Crippen LogP contribution is -2.32. The van der Waals surface area contributed by atoms with Crippen LogP contribution in [-0.2, 0) is 0 Å². The number of benzene rings is 2. The van der Waals surface area contributed by atoms with Crippen molar-refractivity contribution < 1.29 is 9.72 Å². The number of nitrogens with zero attached hydrogens (tertiary/aromatic N) is 1. The fraction of sp³-hybridized carbons (Fsp3) is 0.0952. The van der Waals surface area contributed by atoms with Crippen LogP contribution in [0.4, 0.5) is 16.2 Å². The van der Waals surface area contributed by atoms with Crippen LogP contribution in [-0.4, -0.2) is 22.5 Å². The van der Waals surface area contributed by atoms with Gasteiger partial charge in [0.1, 0.15) is 5.69 Å². The second-order valence-electron chi connectivity index (χ2n) is 6.47. The minimum atomic E-state index is -0.518. The normalized spacial score (nSPS) is 11.9. The molecule has 2 heterocycles. The van der Waals surface area contributed by atoms with Gasteiger partial charge in [0.15, 0.2) is 0 Å². The lowest BCUT2D eigenvalue weighted by molar-refractivity contribution is -0.383. The first-order valence-electron chi connectivity index (χ1n) is 9.01. The van der Waals surface area contributed by atoms with Crippen LogP contribution in [0.1, 0.15) is 16.4 Å². The van der Waals surface area contributed by atoms with Crippen LogP contribution in [0, 0.1) is 10.1 Å². The Labute approximate surface area is 170 Å². The Morgan fingerprint density at radius 2 is 1.90 bits per heavy atom. The van der Waals surface area contributed by atoms with Crippen molar-refractivity contribution in [2.24, 2.45) is 0 Å². The first-order chi connectivity index (χ1) is 14.1. The van der Waals surface area contributed by atoms with Crippen LogP contribution < -0.4 is 10.6 Å². The molecule has 146 valence electrons. The highest BCUT2D eigenvalue weighted by atomic mass is 32.1. The number of nitro groups is 1. The number of nitro benzene ring substituents is 1. The van der Waals surface area contributed by atoms with E-state index in [4.69, 9.17) is 0 Å². The van der Waals surface area contributed by atoms with E-state index in [9.17, 15) is 14.9 Å². The number of rotatable bonds is 6. The summed E-state index contributed by atoms with van der Waals surface area (Å²) in [6.07, 6.45) is 1.97. The number of amides is 2. The average Bonchev–Trinajstić information content (AvgIpc) is 3.39. The number of hydrogen-bond donors (Lipinski definition) is 3. The van der Waals surface area contributed by atoms with Gasteiger partial charge < -0.3 is 15.6 Å². The number of para-hydroxylation sites is 3. The zero-order chi connectivity index (χ0) is 20.2. The Kier molecular flexibility index (Phi) is 5.26. The molecular formula is C21H18N4O3S. The van der Waals surface area contributed by atoms with Crippen LogP contribution >= 0.6 is 11.3 Å². The van der Waals surface area contributed by atoms with Gasteiger partial charge in [0.2, 0.25) is 0 Å². The molecule has 8 heteroatoms. The molecule has 1 unspecified atom stereocenters. The molecule has 0 spiro atoms. The molecule has 0 saturated carbocycles. The lowest BCUT2D eigenvalue weighted by Gasteiger charge is -2.16. The number of nitrogens with one attached hydrogen (secondary N) is 3. The number of aromatic nitrogens is 1. The van der Waals surface area contributed by atoms with Crippen LogP contribution in [0.15, 0.2) is 72.2 Å². The fourth-order valence-electron chi connectivity index (χ4n) is 3.34. The van der Waals surface area contributed by atoms with E-state index in [0.717, 1.165) is 21.3 Å². The summed E-state index contributed by atoms with van der Waals surface area (Å²) < 4.78 is 0. The topological polar surface area (TPSA) is 100 Å². The molecule has 2 aromatic carbocycles. The molecule has 2 aromatic heterocycles. The Morgan fingerprint density at radius 1 is 1.10 bits per heavy atom. The van der Waals surface area contributed by atoms with Gasteiger partial charge in [0.25, 0.3) is 5.69 Å². The molecule has 4 rings (SSSR count). The third-order valence-corrected chi connectivity index (χ3v) is 5.68. The van der Waals surface area contributed by atoms with Gasteiger partial charge in [-0.1, -0.05) is 36.4 Å². The molecular weight excluding hydrogens is 388 g/mol. The summed E-state index contributed by atoms with van der Waals surface area (Å²) in [7, 11) is 0. The van der Waals surface area contributed by atoms with E-state index in [1.165, 1.54) is 12.1 Å². The summed E-state index contributed by atoms with van der Waals surface area (Å²) >= 11 is 1.62. The Morgan fingerprint density at radius 3 is 2.69 bits per heavy atom. The quantitative estimate of drug-likeness (QED) is 0.307. The number of thiophene rings is 1. The maximum absolute atomic E-state index is 12.4. The van der Waals surface area contributed by atoms with Crippen molar-refractivity contribution in [1.29, 1.82) is 0 Å². The zero-order valence-corrected chi connectivity index (χ0v) is 16.1. The number of anilines is 1. The fourth-order valence-corrected chi connectivity index (χ4v) is 4.18. The maximum atomic E-state index is 12.4. The molecule has 29 heavy (non-hydrogen) atoms. The maximum Gasteiger partial charge on any atom is 0.319 e. The van der Waals surface area contributed by atoms with Gasteiger partial charge in [0.05, 0.1) is 4.92 Å². The Bertz CT molecular complexity index is 1150. The minimum absolute atomic E-state index is 0.0392. The highest BCUT2D eigenvalue weighted by molar-refractivity contribution is 7.10. The van der Waals surface area contributed by atoms with E-state index in [-0.39, 0.29) is 17.3 Å². The molecule has 0 aliphatic heterocycles. The predicted molar refractivity (Wildman–Crippen MR) is 115 cm³/mol. The molecule has 0 saturated heterocycles. The summed E-state index contributed by atoms with van der Waals surface area (Å²) in [5.74, 6) is -0.0392. The largest absolute Gasteiger partial charge is 0.361 e. The molecule has 1 atom stereocenters. The predicted octanol–water partition coefficient (Wildman–Crippen LogP) is 5.09. The first kappa shape index (κ1) is 18.7. The number of carbonyl (C=O) groups is 1. The van der Waals surface area contributed by atoms with Crippen molar-refractivity contribution in [3.63, 3.8) is 0 Å². The average molecular weight is 406 g/mol. The number of fused-ring (bicyclic) bond motifs is 1. The van der Waals surface area contributed by atoms with E-state index in [1.54, 1.807) is 23.5 Å². The third-order valence-electron chi connectivity index (χ3n) is 4.70. The van der Waals surface area contributed by atoms with E-state index < -0.39 is 11.0 Å². The summed E-state index contributed by atoms with van der Waals surface area (Å²) in [5.41, 5.74) is 2.14. The summed E-state index contributed by atoms with van der Waals surface area (Å²) in [4.78, 5) is 27.5. The monoisotopic (exact) mass is 406 g/mol. The molecule has 0 bridgehead atoms. The lowest BCUT2D eigenvalue weighted by atomic mass is 9.97. The molecule has 4 aromatic rings. The van der Waals surface area contributed by atoms with Gasteiger partial charge in [-0.15, -0.1) is 11.3 Å². The second-order valence-corrected chi connectivity index (χ2v) is 7.45. The van der Waals surface area contributed by atoms with Gasteiger partial charge in [-0.2, -0.15) is 0 Å². The number of urea groups is 1. The standard InChI is InChI=1S/C21H18N4O3S/c26-21(24-18-8-3-4-9-19(18)25(27)28)23-13-16(20-10-5-11-29-20)15-12-22-17-7-2-1-6-14(15)17/h1-12,16,22H,13H2,(H2,23,24,26). The molecule has 0 aliphatic rings. The van der Waals surface area contributed by atoms with Crippen molar-refractivity contribution in [2.75, 3.05) is 11.9 Å². The van der Waals surface area contributed by atoms with Crippen LogP contribution in [0.5, 0.6) is 0 Å². The molecule has 0 radical (unpaired) electrons. The zero-order valence-electron chi connectivity index (χ0n) is 15.3. The van der Waals surface area contributed by atoms with Crippen molar-refractivity contribution in [3.8, 4) is 0 Å². The molecule has 3 N–H and O–H groups in total. The Balaban J connectivity index is 1.54. The van der Waals surface area contributed by atoms with Gasteiger partial charge >= 0.3 is 6.03 Å². The third kappa shape index (κ3) is 3.97. The highest BCUT2D eigenvalue weighted by Gasteiger charge is 2.21. The second kappa shape index (κ2) is 8.15. The number of hydrogen-bond acceptors (Lipinski definition) is 4. The van der Waals surface area contributed by atoms with Crippen LogP contribution in [0.25, 0.3) is 10.9 Å². The molecule has 0 fully saturated rings. The Hall–Kier alpha value is -3.65. The van der Waals surface area contributed by atoms with Gasteiger partial charge in [0, 0.05) is 40.5 Å². The summed E-state index contributed by atoms with van der Waals surface area (Å²) in [6.45, 7) is 0.356. The van der Waals surface area contributed by atoms with E-state index in [1.807, 2.05) is 41.9 Å². The summed E-state index contributed by atoms with van der Waals surface area (Å²) in [6, 6.07) is 17.6. The molecule has 2 amide bonds. The highest BCUT2D eigenvalue weighted by Crippen LogP contribution is 2.33.